The van der Waals surface area contributed by atoms with Gasteiger partial charge in [-0.15, -0.1) is 11.3 Å². The van der Waals surface area contributed by atoms with Crippen molar-refractivity contribution >= 4 is 17.2 Å². The van der Waals surface area contributed by atoms with Gasteiger partial charge in [-0.25, -0.2) is 15.0 Å². The lowest BCUT2D eigenvalue weighted by Gasteiger charge is -2.31. The zero-order valence-corrected chi connectivity index (χ0v) is 21.9. The van der Waals surface area contributed by atoms with Gasteiger partial charge in [0.25, 0.3) is 5.91 Å². The van der Waals surface area contributed by atoms with E-state index in [1.807, 2.05) is 13.0 Å². The van der Waals surface area contributed by atoms with E-state index in [0.717, 1.165) is 40.7 Å². The van der Waals surface area contributed by atoms with Crippen molar-refractivity contribution in [2.75, 3.05) is 13.2 Å². The maximum Gasteiger partial charge on any atom is 0.451 e. The van der Waals surface area contributed by atoms with Crippen molar-refractivity contribution in [2.45, 2.75) is 63.6 Å². The van der Waals surface area contributed by atoms with Crippen LogP contribution in [-0.4, -0.2) is 51.8 Å². The zero-order valence-electron chi connectivity index (χ0n) is 21.1. The summed E-state index contributed by atoms with van der Waals surface area (Å²) in [6.45, 7) is 6.75. The molecule has 5 rings (SSSR count). The number of carbonyl (C=O) groups excluding carboxylic acids is 1. The number of aromatic nitrogens is 3. The van der Waals surface area contributed by atoms with Gasteiger partial charge in [-0.3, -0.25) is 4.79 Å². The molecular formula is C26H28F3N5O3S. The van der Waals surface area contributed by atoms with E-state index in [1.54, 1.807) is 25.3 Å². The molecule has 3 aromatic rings. The predicted molar refractivity (Wildman–Crippen MR) is 135 cm³/mol. The molecule has 4 heterocycles. The summed E-state index contributed by atoms with van der Waals surface area (Å²) >= 11 is 1.50. The number of thiazole rings is 1. The number of ether oxygens (including phenoxy) is 2. The molecule has 38 heavy (non-hydrogen) atoms. The molecule has 2 bridgehead atoms. The molecule has 1 amide bonds. The molecular weight excluding hydrogens is 519 g/mol. The average Bonchev–Trinajstić information content (AvgIpc) is 3.62. The first-order valence-electron chi connectivity index (χ1n) is 12.4. The number of amides is 1. The fraction of sp³-hybridized carbons (Fsp3) is 0.462. The Kier molecular flexibility index (Phi) is 7.14. The Morgan fingerprint density at radius 1 is 1.26 bits per heavy atom. The van der Waals surface area contributed by atoms with Crippen LogP contribution in [0.3, 0.4) is 0 Å². The second kappa shape index (κ2) is 10.2. The van der Waals surface area contributed by atoms with Crippen molar-refractivity contribution in [1.29, 1.82) is 0 Å². The normalized spacial score (nSPS) is 23.4. The molecule has 0 radical (unpaired) electrons. The zero-order chi connectivity index (χ0) is 27.1. The Bertz CT molecular complexity index is 1320. The Hall–Kier alpha value is -3.09. The maximum atomic E-state index is 13.2. The number of rotatable bonds is 8. The number of hydrogen-bond donors (Lipinski definition) is 2. The Morgan fingerprint density at radius 3 is 2.66 bits per heavy atom. The first kappa shape index (κ1) is 26.5. The van der Waals surface area contributed by atoms with Gasteiger partial charge < -0.3 is 20.1 Å². The standard InChI is InChI=1S/C26H28F3N5O3S/c1-4-21-20-8-25(37-21,12-33-20)13-36-19-6-16(5-17(7-19)23-30-9-14(2)38-23)22(35)34-15(3)18-10-31-24(32-11-18)26(27,28)29/h5-7,9-11,15,20-21,33H,4,8,12-13H2,1-3H3,(H,34,35)/t15-,20?,21?,25?/m1/s1. The smallest absolute Gasteiger partial charge is 0.451 e. The summed E-state index contributed by atoms with van der Waals surface area (Å²) in [7, 11) is 0. The number of carbonyl (C=O) groups is 1. The number of nitrogens with zero attached hydrogens (tertiary/aromatic N) is 3. The molecule has 202 valence electrons. The van der Waals surface area contributed by atoms with Crippen molar-refractivity contribution in [3.63, 3.8) is 0 Å². The number of alkyl halides is 3. The minimum absolute atomic E-state index is 0.161. The minimum atomic E-state index is -4.63. The Balaban J connectivity index is 1.35. The summed E-state index contributed by atoms with van der Waals surface area (Å²) in [5, 5.41) is 7.06. The first-order valence-corrected chi connectivity index (χ1v) is 13.2. The van der Waals surface area contributed by atoms with Crippen molar-refractivity contribution in [3.05, 3.63) is 58.6 Å². The quantitative estimate of drug-likeness (QED) is 0.422. The van der Waals surface area contributed by atoms with Crippen LogP contribution in [0.5, 0.6) is 5.75 Å². The molecule has 4 atom stereocenters. The van der Waals surface area contributed by atoms with Gasteiger partial charge in [0.15, 0.2) is 0 Å². The van der Waals surface area contributed by atoms with Crippen LogP contribution in [0.25, 0.3) is 10.6 Å². The van der Waals surface area contributed by atoms with Crippen LogP contribution in [0.4, 0.5) is 13.2 Å². The molecule has 8 nitrogen and oxygen atoms in total. The lowest BCUT2D eigenvalue weighted by molar-refractivity contribution is -0.145. The monoisotopic (exact) mass is 547 g/mol. The fourth-order valence-corrected chi connectivity index (χ4v) is 5.59. The molecule has 2 aromatic heterocycles. The molecule has 2 N–H and O–H groups in total. The van der Waals surface area contributed by atoms with Crippen LogP contribution in [0.1, 0.15) is 59.4 Å². The number of hydrogen-bond acceptors (Lipinski definition) is 8. The summed E-state index contributed by atoms with van der Waals surface area (Å²) in [4.78, 5) is 25.5. The molecule has 12 heteroatoms. The molecule has 2 aliphatic rings. The van der Waals surface area contributed by atoms with E-state index in [2.05, 4.69) is 32.5 Å². The van der Waals surface area contributed by atoms with E-state index in [4.69, 9.17) is 9.47 Å². The highest BCUT2D eigenvalue weighted by molar-refractivity contribution is 7.14. The largest absolute Gasteiger partial charge is 0.490 e. The van der Waals surface area contributed by atoms with E-state index in [9.17, 15) is 18.0 Å². The molecule has 0 spiro atoms. The van der Waals surface area contributed by atoms with Crippen LogP contribution in [-0.2, 0) is 10.9 Å². The van der Waals surface area contributed by atoms with Gasteiger partial charge in [0, 0.05) is 52.7 Å². The number of morpholine rings is 1. The summed E-state index contributed by atoms with van der Waals surface area (Å²) in [5.74, 6) is -1.14. The SMILES string of the molecule is CCC1OC2(COc3cc(C(=O)N[C@H](C)c4cnc(C(F)(F)F)nc4)cc(-c4ncc(C)s4)c3)CNC1C2. The van der Waals surface area contributed by atoms with E-state index >= 15 is 0 Å². The van der Waals surface area contributed by atoms with Gasteiger partial charge in [0.2, 0.25) is 5.82 Å². The second-order valence-electron chi connectivity index (χ2n) is 9.78. The number of halogens is 3. The van der Waals surface area contributed by atoms with Gasteiger partial charge in [-0.1, -0.05) is 6.92 Å². The minimum Gasteiger partial charge on any atom is -0.490 e. The van der Waals surface area contributed by atoms with E-state index in [0.29, 0.717) is 36.1 Å². The lowest BCUT2D eigenvalue weighted by atomic mass is 10.0. The molecule has 1 aromatic carbocycles. The topological polar surface area (TPSA) is 98.3 Å². The third-order valence-electron chi connectivity index (χ3n) is 6.84. The van der Waals surface area contributed by atoms with Crippen LogP contribution < -0.4 is 15.4 Å². The van der Waals surface area contributed by atoms with Crippen molar-refractivity contribution in [2.24, 2.45) is 0 Å². The summed E-state index contributed by atoms with van der Waals surface area (Å²) in [6.07, 6.45) is 1.22. The lowest BCUT2D eigenvalue weighted by Crippen LogP contribution is -2.47. The fourth-order valence-electron chi connectivity index (χ4n) is 4.84. The maximum absolute atomic E-state index is 13.2. The predicted octanol–water partition coefficient (Wildman–Crippen LogP) is 4.71. The average molecular weight is 548 g/mol. The molecule has 2 aliphatic heterocycles. The third-order valence-corrected chi connectivity index (χ3v) is 7.80. The van der Waals surface area contributed by atoms with Crippen molar-refractivity contribution < 1.29 is 27.4 Å². The second-order valence-corrected chi connectivity index (χ2v) is 11.0. The van der Waals surface area contributed by atoms with Crippen molar-refractivity contribution in [3.8, 4) is 16.3 Å². The highest BCUT2D eigenvalue weighted by atomic mass is 32.1. The molecule has 0 aliphatic carbocycles. The van der Waals surface area contributed by atoms with E-state index in [-0.39, 0.29) is 6.10 Å². The number of fused-ring (bicyclic) bond motifs is 2. The molecule has 3 unspecified atom stereocenters. The summed E-state index contributed by atoms with van der Waals surface area (Å²) in [5.41, 5.74) is 1.01. The van der Waals surface area contributed by atoms with Gasteiger partial charge in [-0.2, -0.15) is 13.2 Å². The van der Waals surface area contributed by atoms with Gasteiger partial charge in [0.1, 0.15) is 23.0 Å². The number of benzene rings is 1. The molecule has 2 saturated heterocycles. The van der Waals surface area contributed by atoms with E-state index < -0.39 is 29.6 Å². The number of nitrogens with one attached hydrogen (secondary N) is 2. The highest BCUT2D eigenvalue weighted by Gasteiger charge is 2.51. The van der Waals surface area contributed by atoms with Gasteiger partial charge >= 0.3 is 6.18 Å². The van der Waals surface area contributed by atoms with E-state index in [1.165, 1.54) is 11.3 Å². The molecule has 0 saturated carbocycles. The third kappa shape index (κ3) is 5.52. The van der Waals surface area contributed by atoms with Gasteiger partial charge in [0.05, 0.1) is 12.1 Å². The Morgan fingerprint density at radius 2 is 2.03 bits per heavy atom. The van der Waals surface area contributed by atoms with Gasteiger partial charge in [-0.05, 0) is 44.9 Å². The molecule has 2 fully saturated rings. The van der Waals surface area contributed by atoms with Crippen LogP contribution in [0, 0.1) is 6.92 Å². The first-order chi connectivity index (χ1) is 18.0. The van der Waals surface area contributed by atoms with Crippen LogP contribution in [0.2, 0.25) is 0 Å². The van der Waals surface area contributed by atoms with Crippen LogP contribution >= 0.6 is 11.3 Å². The van der Waals surface area contributed by atoms with Crippen molar-refractivity contribution in [1.82, 2.24) is 25.6 Å². The van der Waals surface area contributed by atoms with Crippen LogP contribution in [0.15, 0.2) is 36.8 Å². The summed E-state index contributed by atoms with van der Waals surface area (Å²) in [6, 6.07) is 4.92. The Labute approximate surface area is 222 Å². The highest BCUT2D eigenvalue weighted by Crippen LogP contribution is 2.38. The summed E-state index contributed by atoms with van der Waals surface area (Å²) < 4.78 is 50.9. The number of aryl methyl sites for hydroxylation is 1.